The summed E-state index contributed by atoms with van der Waals surface area (Å²) in [6.07, 6.45) is 1.80. The Morgan fingerprint density at radius 1 is 1.00 bits per heavy atom. The van der Waals surface area contributed by atoms with Crippen LogP contribution in [0.4, 0.5) is 5.69 Å². The van der Waals surface area contributed by atoms with Gasteiger partial charge in [0.1, 0.15) is 5.69 Å². The predicted octanol–water partition coefficient (Wildman–Crippen LogP) is 4.77. The van der Waals surface area contributed by atoms with Crippen molar-refractivity contribution >= 4 is 28.3 Å². The molecule has 0 aliphatic carbocycles. The number of benzene rings is 2. The lowest BCUT2D eigenvalue weighted by atomic mass is 10.1. The molecule has 0 saturated heterocycles. The first-order valence-corrected chi connectivity index (χ1v) is 10.0. The van der Waals surface area contributed by atoms with E-state index in [4.69, 9.17) is 16.7 Å². The Labute approximate surface area is 175 Å². The Hall–Kier alpha value is -2.89. The number of rotatable bonds is 7. The number of hydrogen-bond acceptors (Lipinski definition) is 4. The fourth-order valence-electron chi connectivity index (χ4n) is 3.29. The van der Waals surface area contributed by atoms with Crippen LogP contribution in [0, 0.1) is 0 Å². The Morgan fingerprint density at radius 3 is 2.55 bits per heavy atom. The lowest BCUT2D eigenvalue weighted by Gasteiger charge is -2.11. The van der Waals surface area contributed by atoms with Gasteiger partial charge in [0.25, 0.3) is 0 Å². The third-order valence-electron chi connectivity index (χ3n) is 4.83. The summed E-state index contributed by atoms with van der Waals surface area (Å²) in [5.74, 6) is 0. The molecule has 0 atom stereocenters. The van der Waals surface area contributed by atoms with Gasteiger partial charge in [0, 0.05) is 40.9 Å². The average molecular weight is 406 g/mol. The van der Waals surface area contributed by atoms with Gasteiger partial charge >= 0.3 is 0 Å². The van der Waals surface area contributed by atoms with E-state index >= 15 is 0 Å². The van der Waals surface area contributed by atoms with Gasteiger partial charge in [-0.3, -0.25) is 0 Å². The molecule has 2 aromatic heterocycles. The van der Waals surface area contributed by atoms with E-state index in [1.165, 1.54) is 0 Å². The van der Waals surface area contributed by atoms with Crippen molar-refractivity contribution in [1.82, 2.24) is 19.7 Å². The standard InChI is InChI=1S/C23H24ClN5/c1-28(2)15-14-25-19-11-9-17(10-12-19)22-20-7-5-13-26-23(20)29(27-22)16-18-6-3-4-8-21(18)24/h3-13,25H,14-16H2,1-2H3. The van der Waals surface area contributed by atoms with Crippen molar-refractivity contribution in [1.29, 1.82) is 0 Å². The molecule has 0 spiro atoms. The number of likely N-dealkylation sites (N-methyl/N-ethyl adjacent to an activating group) is 1. The molecular weight excluding hydrogens is 382 g/mol. The predicted molar refractivity (Wildman–Crippen MR) is 121 cm³/mol. The molecule has 4 aromatic rings. The summed E-state index contributed by atoms with van der Waals surface area (Å²) in [7, 11) is 4.14. The van der Waals surface area contributed by atoms with E-state index in [9.17, 15) is 0 Å². The summed E-state index contributed by atoms with van der Waals surface area (Å²) in [4.78, 5) is 6.73. The first-order chi connectivity index (χ1) is 14.1. The average Bonchev–Trinajstić information content (AvgIpc) is 3.09. The van der Waals surface area contributed by atoms with Gasteiger partial charge in [-0.05, 0) is 50.0 Å². The Bertz CT molecular complexity index is 1100. The van der Waals surface area contributed by atoms with Gasteiger partial charge in [0.15, 0.2) is 5.65 Å². The van der Waals surface area contributed by atoms with Crippen molar-refractivity contribution in [3.8, 4) is 11.3 Å². The topological polar surface area (TPSA) is 46.0 Å². The normalized spacial score (nSPS) is 11.3. The molecule has 0 saturated carbocycles. The second-order valence-corrected chi connectivity index (χ2v) is 7.69. The molecule has 0 aliphatic rings. The van der Waals surface area contributed by atoms with E-state index in [0.717, 1.165) is 51.7 Å². The van der Waals surface area contributed by atoms with Gasteiger partial charge in [0.2, 0.25) is 0 Å². The fraction of sp³-hybridized carbons (Fsp3) is 0.217. The number of halogens is 1. The first kappa shape index (κ1) is 19.4. The van der Waals surface area contributed by atoms with Crippen molar-refractivity contribution in [2.45, 2.75) is 6.54 Å². The summed E-state index contributed by atoms with van der Waals surface area (Å²) < 4.78 is 1.93. The minimum Gasteiger partial charge on any atom is -0.384 e. The number of hydrogen-bond donors (Lipinski definition) is 1. The lowest BCUT2D eigenvalue weighted by Crippen LogP contribution is -2.20. The number of nitrogens with one attached hydrogen (secondary N) is 1. The maximum Gasteiger partial charge on any atom is 0.158 e. The Morgan fingerprint density at radius 2 is 1.79 bits per heavy atom. The first-order valence-electron chi connectivity index (χ1n) is 9.66. The molecule has 148 valence electrons. The smallest absolute Gasteiger partial charge is 0.158 e. The zero-order valence-electron chi connectivity index (χ0n) is 16.6. The van der Waals surface area contributed by atoms with Gasteiger partial charge in [-0.1, -0.05) is 41.9 Å². The molecule has 0 aliphatic heterocycles. The molecule has 2 aromatic carbocycles. The molecule has 6 heteroatoms. The van der Waals surface area contributed by atoms with Crippen LogP contribution in [-0.2, 0) is 6.54 Å². The number of pyridine rings is 1. The highest BCUT2D eigenvalue weighted by Crippen LogP contribution is 2.29. The van der Waals surface area contributed by atoms with Crippen LogP contribution in [0.1, 0.15) is 5.56 Å². The molecule has 5 nitrogen and oxygen atoms in total. The molecule has 0 fully saturated rings. The van der Waals surface area contributed by atoms with Crippen LogP contribution in [0.2, 0.25) is 5.02 Å². The fourth-order valence-corrected chi connectivity index (χ4v) is 3.49. The second kappa shape index (κ2) is 8.64. The van der Waals surface area contributed by atoms with E-state index in [1.807, 2.05) is 35.0 Å². The molecule has 0 amide bonds. The number of aromatic nitrogens is 3. The van der Waals surface area contributed by atoms with E-state index in [-0.39, 0.29) is 0 Å². The summed E-state index contributed by atoms with van der Waals surface area (Å²) in [5, 5.41) is 10.1. The molecule has 0 radical (unpaired) electrons. The zero-order valence-corrected chi connectivity index (χ0v) is 17.4. The lowest BCUT2D eigenvalue weighted by molar-refractivity contribution is 0.425. The minimum atomic E-state index is 0.581. The maximum atomic E-state index is 6.36. The van der Waals surface area contributed by atoms with Crippen molar-refractivity contribution in [2.75, 3.05) is 32.5 Å². The SMILES string of the molecule is CN(C)CCNc1ccc(-c2nn(Cc3ccccc3Cl)c3ncccc23)cc1. The third-order valence-corrected chi connectivity index (χ3v) is 5.20. The molecule has 4 rings (SSSR count). The molecular formula is C23H24ClN5. The monoisotopic (exact) mass is 405 g/mol. The largest absolute Gasteiger partial charge is 0.384 e. The molecule has 0 bridgehead atoms. The quantitative estimate of drug-likeness (QED) is 0.481. The summed E-state index contributed by atoms with van der Waals surface area (Å²) >= 11 is 6.36. The molecule has 1 N–H and O–H groups in total. The molecule has 29 heavy (non-hydrogen) atoms. The summed E-state index contributed by atoms with van der Waals surface area (Å²) in [5.41, 5.74) is 4.99. The van der Waals surface area contributed by atoms with Crippen LogP contribution in [0.5, 0.6) is 0 Å². The highest BCUT2D eigenvalue weighted by molar-refractivity contribution is 6.31. The number of fused-ring (bicyclic) bond motifs is 1. The van der Waals surface area contributed by atoms with E-state index in [1.54, 1.807) is 6.20 Å². The van der Waals surface area contributed by atoms with Crippen molar-refractivity contribution in [3.05, 3.63) is 77.4 Å². The maximum absolute atomic E-state index is 6.36. The van der Waals surface area contributed by atoms with Crippen molar-refractivity contribution in [2.24, 2.45) is 0 Å². The van der Waals surface area contributed by atoms with Crippen LogP contribution in [0.3, 0.4) is 0 Å². The molecule has 0 unspecified atom stereocenters. The van der Waals surface area contributed by atoms with Gasteiger partial charge in [0.05, 0.1) is 6.54 Å². The zero-order chi connectivity index (χ0) is 20.2. The second-order valence-electron chi connectivity index (χ2n) is 7.28. The highest BCUT2D eigenvalue weighted by atomic mass is 35.5. The van der Waals surface area contributed by atoms with Gasteiger partial charge in [-0.25, -0.2) is 9.67 Å². The van der Waals surface area contributed by atoms with Crippen LogP contribution in [-0.4, -0.2) is 46.8 Å². The van der Waals surface area contributed by atoms with Crippen molar-refractivity contribution < 1.29 is 0 Å². The van der Waals surface area contributed by atoms with E-state index in [0.29, 0.717) is 6.54 Å². The van der Waals surface area contributed by atoms with Gasteiger partial charge < -0.3 is 10.2 Å². The van der Waals surface area contributed by atoms with Crippen LogP contribution >= 0.6 is 11.6 Å². The Balaban J connectivity index is 1.63. The summed E-state index contributed by atoms with van der Waals surface area (Å²) in [6, 6.07) is 20.3. The number of nitrogens with zero attached hydrogens (tertiary/aromatic N) is 4. The van der Waals surface area contributed by atoms with Crippen LogP contribution in [0.25, 0.3) is 22.3 Å². The van der Waals surface area contributed by atoms with Crippen LogP contribution < -0.4 is 5.32 Å². The molecule has 2 heterocycles. The van der Waals surface area contributed by atoms with Crippen LogP contribution in [0.15, 0.2) is 66.9 Å². The van der Waals surface area contributed by atoms with Gasteiger partial charge in [-0.15, -0.1) is 0 Å². The third kappa shape index (κ3) is 4.42. The van der Waals surface area contributed by atoms with E-state index < -0.39 is 0 Å². The van der Waals surface area contributed by atoms with Gasteiger partial charge in [-0.2, -0.15) is 5.10 Å². The van der Waals surface area contributed by atoms with E-state index in [2.05, 4.69) is 59.6 Å². The Kier molecular flexibility index (Phi) is 5.79. The highest BCUT2D eigenvalue weighted by Gasteiger charge is 2.14. The minimum absolute atomic E-state index is 0.581. The summed E-state index contributed by atoms with van der Waals surface area (Å²) in [6.45, 7) is 2.48. The van der Waals surface area contributed by atoms with Crippen molar-refractivity contribution in [3.63, 3.8) is 0 Å². The number of anilines is 1.